The predicted octanol–water partition coefficient (Wildman–Crippen LogP) is 3.01. The molecule has 6 heteroatoms. The Morgan fingerprint density at radius 1 is 1.26 bits per heavy atom. The summed E-state index contributed by atoms with van der Waals surface area (Å²) in [6, 6.07) is 15.6. The number of carbonyl (C=O) groups excluding carboxylic acids is 1. The van der Waals surface area contributed by atoms with E-state index >= 15 is 0 Å². The van der Waals surface area contributed by atoms with Gasteiger partial charge in [0.05, 0.1) is 24.2 Å². The van der Waals surface area contributed by atoms with Crippen LogP contribution < -0.4 is 10.1 Å². The summed E-state index contributed by atoms with van der Waals surface area (Å²) in [6.07, 6.45) is 2.20. The van der Waals surface area contributed by atoms with E-state index in [1.54, 1.807) is 7.11 Å². The largest absolute Gasteiger partial charge is 0.497 e. The van der Waals surface area contributed by atoms with Gasteiger partial charge in [0.2, 0.25) is 5.91 Å². The number of aromatic nitrogens is 2. The Bertz CT molecular complexity index is 927. The number of nitrogens with zero attached hydrogens (tertiary/aromatic N) is 2. The van der Waals surface area contributed by atoms with E-state index in [0.717, 1.165) is 47.6 Å². The molecule has 1 fully saturated rings. The van der Waals surface area contributed by atoms with Crippen LogP contribution in [0.3, 0.4) is 0 Å². The zero-order valence-electron chi connectivity index (χ0n) is 15.4. The number of nitrogens with one attached hydrogen (secondary N) is 1. The lowest BCUT2D eigenvalue weighted by atomic mass is 10.2. The molecule has 4 rings (SSSR count). The highest BCUT2D eigenvalue weighted by atomic mass is 16.5. The lowest BCUT2D eigenvalue weighted by Gasteiger charge is -2.13. The van der Waals surface area contributed by atoms with E-state index in [1.807, 2.05) is 53.1 Å². The smallest absolute Gasteiger partial charge is 0.240 e. The summed E-state index contributed by atoms with van der Waals surface area (Å²) in [5.74, 6) is 1.52. The average molecular weight is 365 g/mol. The van der Waals surface area contributed by atoms with Crippen LogP contribution in [-0.2, 0) is 16.1 Å². The Morgan fingerprint density at radius 3 is 2.81 bits per heavy atom. The molecule has 6 nitrogen and oxygen atoms in total. The number of fused-ring (bicyclic) bond motifs is 1. The van der Waals surface area contributed by atoms with Gasteiger partial charge in [-0.2, -0.15) is 0 Å². The van der Waals surface area contributed by atoms with Crippen LogP contribution in [0, 0.1) is 0 Å². The molecule has 0 bridgehead atoms. The van der Waals surface area contributed by atoms with Gasteiger partial charge < -0.3 is 19.4 Å². The van der Waals surface area contributed by atoms with Gasteiger partial charge in [0.1, 0.15) is 18.1 Å². The Kier molecular flexibility index (Phi) is 5.07. The number of imidazole rings is 1. The highest BCUT2D eigenvalue weighted by molar-refractivity contribution is 5.84. The molecule has 140 valence electrons. The van der Waals surface area contributed by atoms with Crippen LogP contribution in [0.2, 0.25) is 0 Å². The molecule has 1 saturated heterocycles. The van der Waals surface area contributed by atoms with Crippen molar-refractivity contribution < 1.29 is 14.3 Å². The molecule has 3 aromatic rings. The molecule has 2 aromatic carbocycles. The number of para-hydroxylation sites is 2. The van der Waals surface area contributed by atoms with Gasteiger partial charge in [0, 0.05) is 18.7 Å². The summed E-state index contributed by atoms with van der Waals surface area (Å²) < 4.78 is 12.8. The summed E-state index contributed by atoms with van der Waals surface area (Å²) in [5, 5.41) is 2.99. The zero-order chi connectivity index (χ0) is 18.6. The van der Waals surface area contributed by atoms with Crippen LogP contribution in [-0.4, -0.2) is 41.8 Å². The third-order valence-corrected chi connectivity index (χ3v) is 4.86. The summed E-state index contributed by atoms with van der Waals surface area (Å²) >= 11 is 0. The fraction of sp³-hybridized carbons (Fsp3) is 0.333. The van der Waals surface area contributed by atoms with Crippen molar-refractivity contribution in [3.63, 3.8) is 0 Å². The van der Waals surface area contributed by atoms with Crippen LogP contribution in [0.1, 0.15) is 12.8 Å². The molecular formula is C21H23N3O3. The van der Waals surface area contributed by atoms with Gasteiger partial charge in [-0.3, -0.25) is 4.79 Å². The Balaban J connectivity index is 1.60. The van der Waals surface area contributed by atoms with E-state index in [9.17, 15) is 4.79 Å². The molecule has 1 aliphatic rings. The lowest BCUT2D eigenvalue weighted by molar-refractivity contribution is -0.122. The second kappa shape index (κ2) is 7.80. The minimum atomic E-state index is -0.0385. The van der Waals surface area contributed by atoms with Crippen molar-refractivity contribution >= 4 is 16.9 Å². The van der Waals surface area contributed by atoms with E-state index in [1.165, 1.54) is 0 Å². The molecule has 1 amide bonds. The standard InChI is InChI=1S/C21H23N3O3/c1-26-16-10-8-15(9-11-16)21-23-18-6-2-3-7-19(18)24(21)14-20(25)22-13-17-5-4-12-27-17/h2-3,6-11,17H,4-5,12-14H2,1H3,(H,22,25). The van der Waals surface area contributed by atoms with E-state index in [2.05, 4.69) is 5.32 Å². The second-order valence-electron chi connectivity index (χ2n) is 6.68. The first-order valence-corrected chi connectivity index (χ1v) is 9.22. The van der Waals surface area contributed by atoms with E-state index < -0.39 is 0 Å². The van der Waals surface area contributed by atoms with Crippen LogP contribution in [0.4, 0.5) is 0 Å². The minimum Gasteiger partial charge on any atom is -0.497 e. The van der Waals surface area contributed by atoms with E-state index in [0.29, 0.717) is 6.54 Å². The first kappa shape index (κ1) is 17.5. The number of carbonyl (C=O) groups is 1. The quantitative estimate of drug-likeness (QED) is 0.729. The van der Waals surface area contributed by atoms with Crippen molar-refractivity contribution in [2.75, 3.05) is 20.3 Å². The number of amides is 1. The van der Waals surface area contributed by atoms with Gasteiger partial charge in [-0.05, 0) is 49.2 Å². The normalized spacial score (nSPS) is 16.6. The first-order chi connectivity index (χ1) is 13.2. The van der Waals surface area contributed by atoms with Crippen LogP contribution in [0.5, 0.6) is 5.75 Å². The molecule has 0 radical (unpaired) electrons. The minimum absolute atomic E-state index is 0.0385. The molecule has 1 aliphatic heterocycles. The number of hydrogen-bond donors (Lipinski definition) is 1. The SMILES string of the molecule is COc1ccc(-c2nc3ccccc3n2CC(=O)NCC2CCCO2)cc1. The maximum Gasteiger partial charge on any atom is 0.240 e. The Labute approximate surface area is 158 Å². The first-order valence-electron chi connectivity index (χ1n) is 9.22. The Morgan fingerprint density at radius 2 is 2.07 bits per heavy atom. The third kappa shape index (κ3) is 3.80. The number of rotatable bonds is 6. The van der Waals surface area contributed by atoms with Gasteiger partial charge in [-0.25, -0.2) is 4.98 Å². The Hall–Kier alpha value is -2.86. The van der Waals surface area contributed by atoms with E-state index in [4.69, 9.17) is 14.5 Å². The summed E-state index contributed by atoms with van der Waals surface area (Å²) in [6.45, 7) is 1.56. The maximum absolute atomic E-state index is 12.6. The molecular weight excluding hydrogens is 342 g/mol. The van der Waals surface area contributed by atoms with Crippen molar-refractivity contribution in [1.29, 1.82) is 0 Å². The highest BCUT2D eigenvalue weighted by Gasteiger charge is 2.18. The van der Waals surface area contributed by atoms with Gasteiger partial charge >= 0.3 is 0 Å². The fourth-order valence-electron chi connectivity index (χ4n) is 3.43. The molecule has 1 unspecified atom stereocenters. The average Bonchev–Trinajstić information content (AvgIpc) is 3.35. The molecule has 1 N–H and O–H groups in total. The fourth-order valence-corrected chi connectivity index (χ4v) is 3.43. The van der Waals surface area contributed by atoms with Crippen molar-refractivity contribution in [1.82, 2.24) is 14.9 Å². The maximum atomic E-state index is 12.6. The van der Waals surface area contributed by atoms with Crippen LogP contribution in [0.15, 0.2) is 48.5 Å². The number of ether oxygens (including phenoxy) is 2. The van der Waals surface area contributed by atoms with Gasteiger partial charge in [0.25, 0.3) is 0 Å². The lowest BCUT2D eigenvalue weighted by Crippen LogP contribution is -2.34. The molecule has 1 atom stereocenters. The molecule has 0 spiro atoms. The summed E-state index contributed by atoms with van der Waals surface area (Å²) in [4.78, 5) is 17.3. The predicted molar refractivity (Wildman–Crippen MR) is 104 cm³/mol. The van der Waals surface area contributed by atoms with Crippen LogP contribution in [0.25, 0.3) is 22.4 Å². The number of methoxy groups -OCH3 is 1. The molecule has 2 heterocycles. The topological polar surface area (TPSA) is 65.4 Å². The molecule has 1 aromatic heterocycles. The van der Waals surface area contributed by atoms with E-state index in [-0.39, 0.29) is 18.6 Å². The molecule has 27 heavy (non-hydrogen) atoms. The summed E-state index contributed by atoms with van der Waals surface area (Å²) in [5.41, 5.74) is 2.75. The van der Waals surface area contributed by atoms with Crippen molar-refractivity contribution in [2.45, 2.75) is 25.5 Å². The monoisotopic (exact) mass is 365 g/mol. The van der Waals surface area contributed by atoms with Gasteiger partial charge in [0.15, 0.2) is 0 Å². The molecule has 0 aliphatic carbocycles. The van der Waals surface area contributed by atoms with Gasteiger partial charge in [-0.15, -0.1) is 0 Å². The number of benzene rings is 2. The molecule has 0 saturated carbocycles. The summed E-state index contributed by atoms with van der Waals surface area (Å²) in [7, 11) is 1.64. The number of hydrogen-bond acceptors (Lipinski definition) is 4. The zero-order valence-corrected chi connectivity index (χ0v) is 15.4. The van der Waals surface area contributed by atoms with Crippen molar-refractivity contribution in [2.24, 2.45) is 0 Å². The van der Waals surface area contributed by atoms with Crippen molar-refractivity contribution in [3.05, 3.63) is 48.5 Å². The second-order valence-corrected chi connectivity index (χ2v) is 6.68. The van der Waals surface area contributed by atoms with Gasteiger partial charge in [-0.1, -0.05) is 12.1 Å². The third-order valence-electron chi connectivity index (χ3n) is 4.86. The highest BCUT2D eigenvalue weighted by Crippen LogP contribution is 2.26. The van der Waals surface area contributed by atoms with Crippen LogP contribution >= 0.6 is 0 Å². The van der Waals surface area contributed by atoms with Crippen molar-refractivity contribution in [3.8, 4) is 17.1 Å².